The van der Waals surface area contributed by atoms with Gasteiger partial charge in [0.25, 0.3) is 0 Å². The van der Waals surface area contributed by atoms with Gasteiger partial charge in [0.1, 0.15) is 5.41 Å². The maximum Gasteiger partial charge on any atom is 0.308 e. The Balaban J connectivity index is 1.68. The van der Waals surface area contributed by atoms with Crippen LogP contribution in [-0.2, 0) is 16.0 Å². The molecule has 0 spiro atoms. The topological polar surface area (TPSA) is 90.2 Å². The summed E-state index contributed by atoms with van der Waals surface area (Å²) in [4.78, 5) is 24.1. The van der Waals surface area contributed by atoms with E-state index in [0.29, 0.717) is 19.3 Å². The fraction of sp³-hybridized carbons (Fsp3) is 0.381. The fourth-order valence-corrected chi connectivity index (χ4v) is 3.65. The predicted molar refractivity (Wildman–Crippen MR) is 98.3 cm³/mol. The van der Waals surface area contributed by atoms with Gasteiger partial charge < -0.3 is 10.4 Å². The van der Waals surface area contributed by atoms with E-state index in [1.165, 1.54) is 0 Å². The predicted octanol–water partition coefficient (Wildman–Crippen LogP) is 3.28. The summed E-state index contributed by atoms with van der Waals surface area (Å²) in [5.74, 6) is -2.00. The third-order valence-corrected chi connectivity index (χ3v) is 5.26. The van der Waals surface area contributed by atoms with Crippen molar-refractivity contribution < 1.29 is 14.7 Å². The third kappa shape index (κ3) is 3.70. The largest absolute Gasteiger partial charge is 0.481 e. The Labute approximate surface area is 152 Å². The van der Waals surface area contributed by atoms with E-state index in [0.717, 1.165) is 29.2 Å². The van der Waals surface area contributed by atoms with Crippen molar-refractivity contribution in [2.45, 2.75) is 32.1 Å². The first-order valence-electron chi connectivity index (χ1n) is 8.94. The molecule has 1 aliphatic rings. The highest BCUT2D eigenvalue weighted by Crippen LogP contribution is 2.37. The van der Waals surface area contributed by atoms with Gasteiger partial charge in [0, 0.05) is 6.54 Å². The molecular weight excluding hydrogens is 328 g/mol. The zero-order chi connectivity index (χ0) is 18.6. The minimum atomic E-state index is -0.980. The number of carbonyl (C=O) groups is 2. The van der Waals surface area contributed by atoms with Crippen molar-refractivity contribution in [2.24, 2.45) is 11.3 Å². The number of benzene rings is 2. The molecule has 1 fully saturated rings. The van der Waals surface area contributed by atoms with E-state index in [2.05, 4.69) is 11.4 Å². The number of nitrogens with zero attached hydrogens (tertiary/aromatic N) is 1. The minimum absolute atomic E-state index is 0.0322. The Bertz CT molecular complexity index is 863. The number of carboxylic acid groups (broad SMARTS) is 1. The Morgan fingerprint density at radius 1 is 1.15 bits per heavy atom. The molecule has 1 unspecified atom stereocenters. The molecule has 2 aromatic rings. The van der Waals surface area contributed by atoms with E-state index in [4.69, 9.17) is 0 Å². The van der Waals surface area contributed by atoms with Crippen molar-refractivity contribution in [1.29, 1.82) is 5.26 Å². The van der Waals surface area contributed by atoms with Gasteiger partial charge in [-0.15, -0.1) is 0 Å². The molecule has 0 aromatic heterocycles. The van der Waals surface area contributed by atoms with Crippen LogP contribution in [0.5, 0.6) is 0 Å². The molecule has 134 valence electrons. The minimum Gasteiger partial charge on any atom is -0.481 e. The number of fused-ring (bicyclic) bond motifs is 1. The van der Waals surface area contributed by atoms with Crippen LogP contribution in [0, 0.1) is 22.7 Å². The maximum absolute atomic E-state index is 12.4. The Hall–Kier alpha value is -2.87. The molecule has 0 heterocycles. The SMILES string of the molecule is N#CC1(C(=O)NCC(Cc2ccc3ccccc3c2)C(=O)O)CCCC1. The average molecular weight is 350 g/mol. The molecular formula is C21H22N2O3. The molecule has 0 aliphatic heterocycles. The Kier molecular flexibility index (Phi) is 5.22. The number of amides is 1. The van der Waals surface area contributed by atoms with Gasteiger partial charge in [-0.05, 0) is 35.6 Å². The lowest BCUT2D eigenvalue weighted by Gasteiger charge is -2.21. The van der Waals surface area contributed by atoms with E-state index in [-0.39, 0.29) is 12.5 Å². The summed E-state index contributed by atoms with van der Waals surface area (Å²) in [6, 6.07) is 15.9. The van der Waals surface area contributed by atoms with E-state index >= 15 is 0 Å². The van der Waals surface area contributed by atoms with Crippen LogP contribution in [0.15, 0.2) is 42.5 Å². The summed E-state index contributed by atoms with van der Waals surface area (Å²) in [7, 11) is 0. The summed E-state index contributed by atoms with van der Waals surface area (Å²) >= 11 is 0. The zero-order valence-electron chi connectivity index (χ0n) is 14.6. The van der Waals surface area contributed by atoms with Crippen molar-refractivity contribution in [2.75, 3.05) is 6.54 Å². The van der Waals surface area contributed by atoms with Gasteiger partial charge in [-0.25, -0.2) is 0 Å². The van der Waals surface area contributed by atoms with Crippen molar-refractivity contribution in [1.82, 2.24) is 5.32 Å². The van der Waals surface area contributed by atoms with Gasteiger partial charge in [-0.3, -0.25) is 9.59 Å². The lowest BCUT2D eigenvalue weighted by Crippen LogP contribution is -2.42. The third-order valence-electron chi connectivity index (χ3n) is 5.26. The van der Waals surface area contributed by atoms with E-state index in [1.807, 2.05) is 42.5 Å². The number of carbonyl (C=O) groups excluding carboxylic acids is 1. The second kappa shape index (κ2) is 7.57. The first kappa shape index (κ1) is 17.9. The van der Waals surface area contributed by atoms with E-state index in [1.54, 1.807) is 0 Å². The normalized spacial score (nSPS) is 16.7. The number of rotatable bonds is 6. The molecule has 2 aromatic carbocycles. The summed E-state index contributed by atoms with van der Waals surface area (Å²) in [6.45, 7) is 0.0322. The molecule has 0 bridgehead atoms. The van der Waals surface area contributed by atoms with Gasteiger partial charge in [0.15, 0.2) is 0 Å². The van der Waals surface area contributed by atoms with Crippen molar-refractivity contribution in [3.8, 4) is 6.07 Å². The average Bonchev–Trinajstić information content (AvgIpc) is 3.15. The number of carboxylic acids is 1. The highest BCUT2D eigenvalue weighted by atomic mass is 16.4. The zero-order valence-corrected chi connectivity index (χ0v) is 14.6. The van der Waals surface area contributed by atoms with Gasteiger partial charge in [-0.1, -0.05) is 55.3 Å². The highest BCUT2D eigenvalue weighted by Gasteiger charge is 2.41. The molecule has 1 atom stereocenters. The smallest absolute Gasteiger partial charge is 0.308 e. The molecule has 26 heavy (non-hydrogen) atoms. The molecule has 1 amide bonds. The van der Waals surface area contributed by atoms with Crippen molar-refractivity contribution in [3.63, 3.8) is 0 Å². The molecule has 1 saturated carbocycles. The summed E-state index contributed by atoms with van der Waals surface area (Å²) < 4.78 is 0. The molecule has 1 aliphatic carbocycles. The van der Waals surface area contributed by atoms with Crippen LogP contribution < -0.4 is 5.32 Å². The first-order chi connectivity index (χ1) is 12.5. The first-order valence-corrected chi connectivity index (χ1v) is 8.94. The highest BCUT2D eigenvalue weighted by molar-refractivity contribution is 5.86. The lowest BCUT2D eigenvalue weighted by atomic mass is 9.86. The number of nitrogens with one attached hydrogen (secondary N) is 1. The second-order valence-electron chi connectivity index (χ2n) is 7.03. The van der Waals surface area contributed by atoms with Crippen LogP contribution in [0.25, 0.3) is 10.8 Å². The van der Waals surface area contributed by atoms with Crippen LogP contribution in [0.1, 0.15) is 31.2 Å². The lowest BCUT2D eigenvalue weighted by molar-refractivity contribution is -0.141. The Morgan fingerprint density at radius 2 is 1.85 bits per heavy atom. The number of aliphatic carboxylic acids is 1. The molecule has 0 saturated heterocycles. The van der Waals surface area contributed by atoms with Gasteiger partial charge in [0.2, 0.25) is 5.91 Å². The molecule has 0 radical (unpaired) electrons. The second-order valence-corrected chi connectivity index (χ2v) is 7.03. The number of hydrogen-bond donors (Lipinski definition) is 2. The summed E-state index contributed by atoms with van der Waals surface area (Å²) in [5.41, 5.74) is -0.0624. The van der Waals surface area contributed by atoms with Crippen LogP contribution in [0.2, 0.25) is 0 Å². The van der Waals surface area contributed by atoms with Crippen LogP contribution in [0.4, 0.5) is 0 Å². The van der Waals surface area contributed by atoms with E-state index in [9.17, 15) is 20.0 Å². The molecule has 5 nitrogen and oxygen atoms in total. The molecule has 2 N–H and O–H groups in total. The van der Waals surface area contributed by atoms with Crippen LogP contribution in [0.3, 0.4) is 0 Å². The van der Waals surface area contributed by atoms with Crippen molar-refractivity contribution in [3.05, 3.63) is 48.0 Å². The van der Waals surface area contributed by atoms with E-state index < -0.39 is 17.3 Å². The molecule has 3 rings (SSSR count). The van der Waals surface area contributed by atoms with Gasteiger partial charge in [0.05, 0.1) is 12.0 Å². The fourth-order valence-electron chi connectivity index (χ4n) is 3.65. The van der Waals surface area contributed by atoms with Crippen molar-refractivity contribution >= 4 is 22.6 Å². The van der Waals surface area contributed by atoms with Gasteiger partial charge in [-0.2, -0.15) is 5.26 Å². The number of hydrogen-bond acceptors (Lipinski definition) is 3. The monoisotopic (exact) mass is 350 g/mol. The quantitative estimate of drug-likeness (QED) is 0.836. The Morgan fingerprint density at radius 3 is 2.50 bits per heavy atom. The van der Waals surface area contributed by atoms with Crippen LogP contribution >= 0.6 is 0 Å². The summed E-state index contributed by atoms with van der Waals surface area (Å²) in [6.07, 6.45) is 3.16. The maximum atomic E-state index is 12.4. The summed E-state index contributed by atoms with van der Waals surface area (Å²) in [5, 5.41) is 23.8. The standard InChI is InChI=1S/C21H22N2O3/c22-14-21(9-3-4-10-21)20(26)23-13-18(19(24)25)12-15-7-8-16-5-1-2-6-17(16)11-15/h1-2,5-8,11,18H,3-4,9-10,12-13H2,(H,23,26)(H,24,25). The van der Waals surface area contributed by atoms with Gasteiger partial charge >= 0.3 is 5.97 Å². The molecule has 5 heteroatoms. The number of nitriles is 1. The van der Waals surface area contributed by atoms with Crippen LogP contribution in [-0.4, -0.2) is 23.5 Å².